The molecule has 0 aromatic heterocycles. The average Bonchev–Trinajstić information content (AvgIpc) is 2.37. The summed E-state index contributed by atoms with van der Waals surface area (Å²) in [6.07, 6.45) is 2.40. The minimum Gasteiger partial charge on any atom is -0.313 e. The first-order chi connectivity index (χ1) is 8.66. The van der Waals surface area contributed by atoms with Crippen molar-refractivity contribution in [2.24, 2.45) is 5.92 Å². The molecule has 1 heterocycles. The number of nitrogens with zero attached hydrogens (tertiary/aromatic N) is 1. The summed E-state index contributed by atoms with van der Waals surface area (Å²) in [6.45, 7) is 7.00. The highest BCUT2D eigenvalue weighted by Gasteiger charge is 2.28. The van der Waals surface area contributed by atoms with Crippen LogP contribution in [-0.2, 0) is 6.42 Å². The summed E-state index contributed by atoms with van der Waals surface area (Å²) in [5.74, 6) is 0.752. The maximum absolute atomic E-state index is 3.74. The summed E-state index contributed by atoms with van der Waals surface area (Å²) in [5.41, 5.74) is 1.43. The van der Waals surface area contributed by atoms with Crippen molar-refractivity contribution < 1.29 is 0 Å². The molecule has 0 spiro atoms. The van der Waals surface area contributed by atoms with Crippen molar-refractivity contribution >= 4 is 0 Å². The summed E-state index contributed by atoms with van der Waals surface area (Å²) in [5, 5.41) is 3.74. The van der Waals surface area contributed by atoms with Gasteiger partial charge in [-0.1, -0.05) is 37.3 Å². The van der Waals surface area contributed by atoms with E-state index in [2.05, 4.69) is 61.4 Å². The topological polar surface area (TPSA) is 15.3 Å². The minimum atomic E-state index is 0.680. The summed E-state index contributed by atoms with van der Waals surface area (Å²) in [4.78, 5) is 2.47. The molecule has 0 aliphatic carbocycles. The molecule has 100 valence electrons. The van der Waals surface area contributed by atoms with E-state index in [0.29, 0.717) is 12.1 Å². The highest BCUT2D eigenvalue weighted by molar-refractivity contribution is 5.14. The van der Waals surface area contributed by atoms with Gasteiger partial charge in [-0.2, -0.15) is 0 Å². The summed E-state index contributed by atoms with van der Waals surface area (Å²) >= 11 is 0. The predicted octanol–water partition coefficient (Wildman–Crippen LogP) is 2.55. The van der Waals surface area contributed by atoms with Crippen LogP contribution in [0.25, 0.3) is 0 Å². The summed E-state index contributed by atoms with van der Waals surface area (Å²) in [6, 6.07) is 12.1. The van der Waals surface area contributed by atoms with Gasteiger partial charge in [0.1, 0.15) is 0 Å². The number of likely N-dealkylation sites (tertiary alicyclic amines) is 1. The molecule has 1 aromatic rings. The van der Waals surface area contributed by atoms with Gasteiger partial charge >= 0.3 is 0 Å². The third-order valence-corrected chi connectivity index (χ3v) is 4.27. The van der Waals surface area contributed by atoms with E-state index < -0.39 is 0 Å². The van der Waals surface area contributed by atoms with Crippen LogP contribution in [0.3, 0.4) is 0 Å². The lowest BCUT2D eigenvalue weighted by Crippen LogP contribution is -2.51. The molecule has 1 N–H and O–H groups in total. The molecule has 0 saturated carbocycles. The zero-order chi connectivity index (χ0) is 13.0. The molecule has 0 unspecified atom stereocenters. The molecule has 0 amide bonds. The van der Waals surface area contributed by atoms with Crippen molar-refractivity contribution in [2.45, 2.75) is 38.8 Å². The largest absolute Gasteiger partial charge is 0.313 e. The van der Waals surface area contributed by atoms with Crippen LogP contribution in [0.15, 0.2) is 30.3 Å². The Morgan fingerprint density at radius 3 is 2.67 bits per heavy atom. The van der Waals surface area contributed by atoms with Crippen molar-refractivity contribution in [2.75, 3.05) is 20.1 Å². The lowest BCUT2D eigenvalue weighted by atomic mass is 9.90. The van der Waals surface area contributed by atoms with Gasteiger partial charge in [0.05, 0.1) is 0 Å². The summed E-state index contributed by atoms with van der Waals surface area (Å²) < 4.78 is 0. The van der Waals surface area contributed by atoms with E-state index in [0.717, 1.165) is 18.9 Å². The lowest BCUT2D eigenvalue weighted by Gasteiger charge is -2.40. The molecule has 1 aliphatic heterocycles. The number of benzene rings is 1. The maximum atomic E-state index is 3.74. The van der Waals surface area contributed by atoms with Crippen LogP contribution in [-0.4, -0.2) is 37.1 Å². The van der Waals surface area contributed by atoms with Crippen molar-refractivity contribution in [1.29, 1.82) is 0 Å². The van der Waals surface area contributed by atoms with E-state index in [-0.39, 0.29) is 0 Å². The van der Waals surface area contributed by atoms with E-state index >= 15 is 0 Å². The molecule has 1 fully saturated rings. The second-order valence-electron chi connectivity index (χ2n) is 5.80. The third-order valence-electron chi connectivity index (χ3n) is 4.27. The number of hydrogen-bond donors (Lipinski definition) is 1. The van der Waals surface area contributed by atoms with Gasteiger partial charge < -0.3 is 10.2 Å². The fourth-order valence-electron chi connectivity index (χ4n) is 2.87. The van der Waals surface area contributed by atoms with Crippen molar-refractivity contribution in [1.82, 2.24) is 10.2 Å². The van der Waals surface area contributed by atoms with Crippen molar-refractivity contribution in [3.63, 3.8) is 0 Å². The van der Waals surface area contributed by atoms with Gasteiger partial charge in [0.25, 0.3) is 0 Å². The SMILES string of the molecule is C[C@@H]1CN(C)[C@H](C)C[C@@H]1NCCc1ccccc1. The van der Waals surface area contributed by atoms with Gasteiger partial charge in [-0.15, -0.1) is 0 Å². The molecule has 1 aromatic carbocycles. The van der Waals surface area contributed by atoms with Crippen molar-refractivity contribution in [3.05, 3.63) is 35.9 Å². The number of nitrogens with one attached hydrogen (secondary N) is 1. The quantitative estimate of drug-likeness (QED) is 0.878. The van der Waals surface area contributed by atoms with Crippen LogP contribution in [0.2, 0.25) is 0 Å². The normalized spacial score (nSPS) is 29.4. The highest BCUT2D eigenvalue weighted by Crippen LogP contribution is 2.20. The monoisotopic (exact) mass is 246 g/mol. The highest BCUT2D eigenvalue weighted by atomic mass is 15.2. The number of piperidine rings is 1. The first-order valence-electron chi connectivity index (χ1n) is 7.14. The van der Waals surface area contributed by atoms with Gasteiger partial charge in [0, 0.05) is 18.6 Å². The molecule has 2 nitrogen and oxygen atoms in total. The molecule has 0 radical (unpaired) electrons. The predicted molar refractivity (Wildman–Crippen MR) is 77.8 cm³/mol. The Morgan fingerprint density at radius 1 is 1.22 bits per heavy atom. The second kappa shape index (κ2) is 6.35. The van der Waals surface area contributed by atoms with Crippen LogP contribution in [0.1, 0.15) is 25.8 Å². The van der Waals surface area contributed by atoms with Crippen LogP contribution in [0, 0.1) is 5.92 Å². The Kier molecular flexibility index (Phi) is 4.79. The van der Waals surface area contributed by atoms with Crippen LogP contribution < -0.4 is 5.32 Å². The van der Waals surface area contributed by atoms with Gasteiger partial charge in [-0.3, -0.25) is 0 Å². The standard InChI is InChI=1S/C16H26N2/c1-13-12-18(3)14(2)11-16(13)17-10-9-15-7-5-4-6-8-15/h4-8,13-14,16-17H,9-12H2,1-3H3/t13-,14-,16+/m1/s1. The fraction of sp³-hybridized carbons (Fsp3) is 0.625. The van der Waals surface area contributed by atoms with E-state index in [1.165, 1.54) is 18.5 Å². The molecule has 2 rings (SSSR count). The molecule has 2 heteroatoms. The molecular weight excluding hydrogens is 220 g/mol. The first-order valence-corrected chi connectivity index (χ1v) is 7.14. The van der Waals surface area contributed by atoms with Crippen LogP contribution in [0.4, 0.5) is 0 Å². The molecule has 1 saturated heterocycles. The molecule has 1 aliphatic rings. The smallest absolute Gasteiger partial charge is 0.0120 e. The van der Waals surface area contributed by atoms with Gasteiger partial charge in [-0.05, 0) is 44.8 Å². The van der Waals surface area contributed by atoms with E-state index in [1.54, 1.807) is 0 Å². The Balaban J connectivity index is 1.76. The van der Waals surface area contributed by atoms with Gasteiger partial charge in [0.15, 0.2) is 0 Å². The minimum absolute atomic E-state index is 0.680. The van der Waals surface area contributed by atoms with E-state index in [4.69, 9.17) is 0 Å². The van der Waals surface area contributed by atoms with Crippen LogP contribution in [0.5, 0.6) is 0 Å². The van der Waals surface area contributed by atoms with Gasteiger partial charge in [-0.25, -0.2) is 0 Å². The maximum Gasteiger partial charge on any atom is 0.0120 e. The van der Waals surface area contributed by atoms with Crippen molar-refractivity contribution in [3.8, 4) is 0 Å². The second-order valence-corrected chi connectivity index (χ2v) is 5.80. The lowest BCUT2D eigenvalue weighted by molar-refractivity contribution is 0.122. The zero-order valence-corrected chi connectivity index (χ0v) is 11.9. The first kappa shape index (κ1) is 13.6. The molecular formula is C16H26N2. The Labute approximate surface area is 111 Å². The zero-order valence-electron chi connectivity index (χ0n) is 11.9. The molecule has 0 bridgehead atoms. The Bertz CT molecular complexity index is 349. The molecule has 3 atom stereocenters. The van der Waals surface area contributed by atoms with Gasteiger partial charge in [0.2, 0.25) is 0 Å². The fourth-order valence-corrected chi connectivity index (χ4v) is 2.87. The Hall–Kier alpha value is -0.860. The Morgan fingerprint density at radius 2 is 1.94 bits per heavy atom. The van der Waals surface area contributed by atoms with E-state index in [1.807, 2.05) is 0 Å². The summed E-state index contributed by atoms with van der Waals surface area (Å²) in [7, 11) is 2.24. The third kappa shape index (κ3) is 3.56. The number of hydrogen-bond acceptors (Lipinski definition) is 2. The average molecular weight is 246 g/mol. The van der Waals surface area contributed by atoms with E-state index in [9.17, 15) is 0 Å². The van der Waals surface area contributed by atoms with Crippen LogP contribution >= 0.6 is 0 Å². The number of rotatable bonds is 4. The molecule has 18 heavy (non-hydrogen) atoms.